The Morgan fingerprint density at radius 2 is 1.86 bits per heavy atom. The SMILES string of the molecule is CCCCCCC(C)OCC(NCC)c1ccccc1C. The first-order valence-corrected chi connectivity index (χ1v) is 8.59. The van der Waals surface area contributed by atoms with Crippen molar-refractivity contribution in [1.82, 2.24) is 5.32 Å². The molecule has 2 unspecified atom stereocenters. The van der Waals surface area contributed by atoms with Crippen LogP contribution in [0.5, 0.6) is 0 Å². The summed E-state index contributed by atoms with van der Waals surface area (Å²) in [4.78, 5) is 0. The smallest absolute Gasteiger partial charge is 0.0665 e. The molecule has 0 bridgehead atoms. The van der Waals surface area contributed by atoms with Crippen LogP contribution in [-0.2, 0) is 4.74 Å². The summed E-state index contributed by atoms with van der Waals surface area (Å²) in [5, 5.41) is 3.55. The van der Waals surface area contributed by atoms with Crippen molar-refractivity contribution in [1.29, 1.82) is 0 Å². The Bertz CT molecular complexity index is 378. The van der Waals surface area contributed by atoms with Crippen molar-refractivity contribution in [2.24, 2.45) is 0 Å². The highest BCUT2D eigenvalue weighted by Crippen LogP contribution is 2.19. The fraction of sp³-hybridized carbons (Fsp3) is 0.684. The lowest BCUT2D eigenvalue weighted by molar-refractivity contribution is 0.0429. The average Bonchev–Trinajstić information content (AvgIpc) is 2.49. The number of likely N-dealkylation sites (N-methyl/N-ethyl adjacent to an activating group) is 1. The van der Waals surface area contributed by atoms with Gasteiger partial charge in [-0.3, -0.25) is 0 Å². The first-order valence-electron chi connectivity index (χ1n) is 8.59. The standard InChI is InChI=1S/C19H33NO/c1-5-7-8-9-13-17(4)21-15-19(20-6-2)18-14-11-10-12-16(18)3/h10-12,14,17,19-20H,5-9,13,15H2,1-4H3. The van der Waals surface area contributed by atoms with Gasteiger partial charge in [0.05, 0.1) is 18.8 Å². The molecule has 1 N–H and O–H groups in total. The fourth-order valence-corrected chi connectivity index (χ4v) is 2.69. The summed E-state index contributed by atoms with van der Waals surface area (Å²) in [6.07, 6.45) is 6.78. The molecule has 0 aliphatic heterocycles. The van der Waals surface area contributed by atoms with Gasteiger partial charge in [0.25, 0.3) is 0 Å². The van der Waals surface area contributed by atoms with Crippen LogP contribution in [0, 0.1) is 6.92 Å². The van der Waals surface area contributed by atoms with E-state index in [-0.39, 0.29) is 0 Å². The van der Waals surface area contributed by atoms with E-state index in [9.17, 15) is 0 Å². The third-order valence-corrected chi connectivity index (χ3v) is 4.03. The Labute approximate surface area is 131 Å². The third kappa shape index (κ3) is 7.10. The first-order chi connectivity index (χ1) is 10.2. The van der Waals surface area contributed by atoms with Crippen LogP contribution in [0.4, 0.5) is 0 Å². The van der Waals surface area contributed by atoms with Gasteiger partial charge in [0.15, 0.2) is 0 Å². The lowest BCUT2D eigenvalue weighted by Crippen LogP contribution is -2.27. The summed E-state index contributed by atoms with van der Waals surface area (Å²) in [6.45, 7) is 10.5. The molecule has 2 nitrogen and oxygen atoms in total. The monoisotopic (exact) mass is 291 g/mol. The van der Waals surface area contributed by atoms with E-state index < -0.39 is 0 Å². The van der Waals surface area contributed by atoms with Gasteiger partial charge in [-0.05, 0) is 37.9 Å². The Morgan fingerprint density at radius 1 is 1.10 bits per heavy atom. The van der Waals surface area contributed by atoms with Gasteiger partial charge < -0.3 is 10.1 Å². The topological polar surface area (TPSA) is 21.3 Å². The number of hydrogen-bond acceptors (Lipinski definition) is 2. The van der Waals surface area contributed by atoms with E-state index in [4.69, 9.17) is 4.74 Å². The van der Waals surface area contributed by atoms with Gasteiger partial charge in [0.2, 0.25) is 0 Å². The molecule has 0 spiro atoms. The van der Waals surface area contributed by atoms with Gasteiger partial charge in [-0.1, -0.05) is 63.8 Å². The first kappa shape index (κ1) is 18.2. The molecule has 0 fully saturated rings. The lowest BCUT2D eigenvalue weighted by atomic mass is 10.0. The van der Waals surface area contributed by atoms with Crippen molar-refractivity contribution in [2.45, 2.75) is 71.9 Å². The molecule has 1 aromatic carbocycles. The maximum absolute atomic E-state index is 6.08. The summed E-state index contributed by atoms with van der Waals surface area (Å²) >= 11 is 0. The molecule has 1 rings (SSSR count). The molecular weight excluding hydrogens is 258 g/mol. The van der Waals surface area contributed by atoms with Gasteiger partial charge in [-0.15, -0.1) is 0 Å². The van der Waals surface area contributed by atoms with E-state index in [1.54, 1.807) is 0 Å². The van der Waals surface area contributed by atoms with E-state index >= 15 is 0 Å². The van der Waals surface area contributed by atoms with E-state index in [0.29, 0.717) is 12.1 Å². The summed E-state index contributed by atoms with van der Waals surface area (Å²) in [5.41, 5.74) is 2.69. The molecule has 0 aliphatic carbocycles. The van der Waals surface area contributed by atoms with E-state index in [2.05, 4.69) is 57.3 Å². The van der Waals surface area contributed by atoms with Crippen molar-refractivity contribution in [3.63, 3.8) is 0 Å². The molecule has 0 heterocycles. The van der Waals surface area contributed by atoms with E-state index in [1.807, 2.05) is 0 Å². The van der Waals surface area contributed by atoms with Crippen molar-refractivity contribution in [3.8, 4) is 0 Å². The zero-order valence-electron chi connectivity index (χ0n) is 14.3. The molecule has 0 saturated carbocycles. The highest BCUT2D eigenvalue weighted by molar-refractivity contribution is 5.28. The summed E-state index contributed by atoms with van der Waals surface area (Å²) in [5.74, 6) is 0. The van der Waals surface area contributed by atoms with Crippen LogP contribution in [0.2, 0.25) is 0 Å². The Hall–Kier alpha value is -0.860. The minimum Gasteiger partial charge on any atom is -0.377 e. The summed E-state index contributed by atoms with van der Waals surface area (Å²) in [7, 11) is 0. The highest BCUT2D eigenvalue weighted by atomic mass is 16.5. The minimum atomic E-state index is 0.300. The number of aryl methyl sites for hydroxylation is 1. The number of ether oxygens (including phenoxy) is 1. The van der Waals surface area contributed by atoms with E-state index in [1.165, 1.54) is 43.2 Å². The Balaban J connectivity index is 2.43. The molecule has 0 saturated heterocycles. The van der Waals surface area contributed by atoms with Gasteiger partial charge in [0.1, 0.15) is 0 Å². The molecular formula is C19H33NO. The second kappa shape index (κ2) is 10.8. The minimum absolute atomic E-state index is 0.300. The number of unbranched alkanes of at least 4 members (excludes halogenated alkanes) is 3. The summed E-state index contributed by atoms with van der Waals surface area (Å²) in [6, 6.07) is 8.89. The number of hydrogen-bond donors (Lipinski definition) is 1. The van der Waals surface area contributed by atoms with Gasteiger partial charge in [-0.2, -0.15) is 0 Å². The van der Waals surface area contributed by atoms with Crippen LogP contribution in [0.25, 0.3) is 0 Å². The Morgan fingerprint density at radius 3 is 2.52 bits per heavy atom. The molecule has 120 valence electrons. The molecule has 21 heavy (non-hydrogen) atoms. The predicted octanol–water partition coefficient (Wildman–Crippen LogP) is 5.02. The van der Waals surface area contributed by atoms with Crippen LogP contribution in [-0.4, -0.2) is 19.3 Å². The number of benzene rings is 1. The zero-order valence-corrected chi connectivity index (χ0v) is 14.3. The van der Waals surface area contributed by atoms with Crippen LogP contribution < -0.4 is 5.32 Å². The van der Waals surface area contributed by atoms with Crippen molar-refractivity contribution >= 4 is 0 Å². The van der Waals surface area contributed by atoms with Gasteiger partial charge in [-0.25, -0.2) is 0 Å². The van der Waals surface area contributed by atoms with Crippen molar-refractivity contribution in [2.75, 3.05) is 13.2 Å². The second-order valence-electron chi connectivity index (χ2n) is 5.96. The molecule has 2 heteroatoms. The second-order valence-corrected chi connectivity index (χ2v) is 5.96. The maximum atomic E-state index is 6.08. The van der Waals surface area contributed by atoms with Crippen molar-refractivity contribution in [3.05, 3.63) is 35.4 Å². The fourth-order valence-electron chi connectivity index (χ4n) is 2.69. The quantitative estimate of drug-likeness (QED) is 0.578. The van der Waals surface area contributed by atoms with Crippen LogP contribution >= 0.6 is 0 Å². The normalized spacial score (nSPS) is 14.1. The van der Waals surface area contributed by atoms with E-state index in [0.717, 1.165) is 13.2 Å². The molecule has 0 amide bonds. The van der Waals surface area contributed by atoms with Crippen LogP contribution in [0.15, 0.2) is 24.3 Å². The molecule has 2 atom stereocenters. The number of rotatable bonds is 11. The highest BCUT2D eigenvalue weighted by Gasteiger charge is 2.14. The summed E-state index contributed by atoms with van der Waals surface area (Å²) < 4.78 is 6.08. The van der Waals surface area contributed by atoms with Crippen molar-refractivity contribution < 1.29 is 4.74 Å². The molecule has 0 radical (unpaired) electrons. The van der Waals surface area contributed by atoms with Crippen LogP contribution in [0.3, 0.4) is 0 Å². The maximum Gasteiger partial charge on any atom is 0.0665 e. The lowest BCUT2D eigenvalue weighted by Gasteiger charge is -2.23. The zero-order chi connectivity index (χ0) is 15.5. The largest absolute Gasteiger partial charge is 0.377 e. The van der Waals surface area contributed by atoms with Gasteiger partial charge >= 0.3 is 0 Å². The van der Waals surface area contributed by atoms with Crippen LogP contribution in [0.1, 0.15) is 70.0 Å². The van der Waals surface area contributed by atoms with Gasteiger partial charge in [0, 0.05) is 0 Å². The Kier molecular flexibility index (Phi) is 9.36. The molecule has 1 aromatic rings. The number of nitrogens with one attached hydrogen (secondary N) is 1. The molecule has 0 aromatic heterocycles. The molecule has 0 aliphatic rings. The predicted molar refractivity (Wildman–Crippen MR) is 91.8 cm³/mol. The average molecular weight is 291 g/mol. The third-order valence-electron chi connectivity index (χ3n) is 4.03.